The fourth-order valence-electron chi connectivity index (χ4n) is 1.51. The van der Waals surface area contributed by atoms with E-state index >= 15 is 0 Å². The van der Waals surface area contributed by atoms with Crippen LogP contribution in [0.4, 0.5) is 0 Å². The van der Waals surface area contributed by atoms with E-state index in [1.807, 2.05) is 0 Å². The number of hydrogen-bond acceptors (Lipinski definition) is 5. The highest BCUT2D eigenvalue weighted by atomic mass is 35.5. The zero-order valence-electron chi connectivity index (χ0n) is 10.1. The van der Waals surface area contributed by atoms with Crippen LogP contribution in [-0.2, 0) is 23.1 Å². The summed E-state index contributed by atoms with van der Waals surface area (Å²) < 4.78 is 31.5. The Morgan fingerprint density at radius 1 is 1.30 bits per heavy atom. The standard InChI is InChI=1S/C11H11Cl2N3O3S/c12-9-4-10(13)11(3-7(9)5-14)20(17,18)16-6-8-1-2-15-19-8/h1-4,16H,5-6,14H2. The minimum atomic E-state index is -3.80. The molecule has 0 fully saturated rings. The predicted octanol–water partition coefficient (Wildman–Crippen LogP) is 1.92. The number of halogens is 2. The molecule has 0 unspecified atom stereocenters. The molecular weight excluding hydrogens is 325 g/mol. The van der Waals surface area contributed by atoms with Gasteiger partial charge >= 0.3 is 0 Å². The first-order valence-corrected chi connectivity index (χ1v) is 7.75. The Hall–Kier alpha value is -1.12. The fourth-order valence-corrected chi connectivity index (χ4v) is 3.38. The summed E-state index contributed by atoms with van der Waals surface area (Å²) in [6.07, 6.45) is 1.42. The van der Waals surface area contributed by atoms with Crippen molar-refractivity contribution < 1.29 is 12.9 Å². The van der Waals surface area contributed by atoms with Crippen LogP contribution in [0.3, 0.4) is 0 Å². The largest absolute Gasteiger partial charge is 0.360 e. The summed E-state index contributed by atoms with van der Waals surface area (Å²) in [5.74, 6) is 0.387. The van der Waals surface area contributed by atoms with Gasteiger partial charge in [0.05, 0.1) is 17.8 Å². The Balaban J connectivity index is 2.29. The molecule has 0 aliphatic carbocycles. The van der Waals surface area contributed by atoms with Crippen LogP contribution in [-0.4, -0.2) is 13.6 Å². The van der Waals surface area contributed by atoms with Crippen molar-refractivity contribution in [2.45, 2.75) is 18.0 Å². The van der Waals surface area contributed by atoms with Gasteiger partial charge in [0.2, 0.25) is 10.0 Å². The zero-order valence-corrected chi connectivity index (χ0v) is 12.5. The summed E-state index contributed by atoms with van der Waals surface area (Å²) in [5, 5.41) is 3.83. The monoisotopic (exact) mass is 335 g/mol. The third kappa shape index (κ3) is 3.31. The topological polar surface area (TPSA) is 98.2 Å². The maximum absolute atomic E-state index is 12.2. The van der Waals surface area contributed by atoms with Gasteiger partial charge in [-0.2, -0.15) is 0 Å². The summed E-state index contributed by atoms with van der Waals surface area (Å²) >= 11 is 11.8. The van der Waals surface area contributed by atoms with Gasteiger partial charge in [-0.05, 0) is 17.7 Å². The molecule has 3 N–H and O–H groups in total. The molecule has 1 heterocycles. The molecule has 0 radical (unpaired) electrons. The number of nitrogens with one attached hydrogen (secondary N) is 1. The van der Waals surface area contributed by atoms with E-state index in [1.54, 1.807) is 6.07 Å². The lowest BCUT2D eigenvalue weighted by atomic mass is 10.2. The quantitative estimate of drug-likeness (QED) is 0.869. The first-order valence-electron chi connectivity index (χ1n) is 5.51. The summed E-state index contributed by atoms with van der Waals surface area (Å²) in [5.41, 5.74) is 5.99. The maximum Gasteiger partial charge on any atom is 0.242 e. The van der Waals surface area contributed by atoms with Crippen LogP contribution in [0.2, 0.25) is 10.0 Å². The van der Waals surface area contributed by atoms with E-state index in [-0.39, 0.29) is 23.0 Å². The highest BCUT2D eigenvalue weighted by Crippen LogP contribution is 2.28. The molecule has 1 aromatic heterocycles. The van der Waals surface area contributed by atoms with E-state index in [1.165, 1.54) is 18.3 Å². The second-order valence-electron chi connectivity index (χ2n) is 3.88. The number of aromatic nitrogens is 1. The van der Waals surface area contributed by atoms with Gasteiger partial charge in [0.1, 0.15) is 4.90 Å². The second kappa shape index (κ2) is 6.11. The van der Waals surface area contributed by atoms with Gasteiger partial charge in [0.15, 0.2) is 5.76 Å². The first-order chi connectivity index (χ1) is 9.44. The van der Waals surface area contributed by atoms with Crippen molar-refractivity contribution in [2.75, 3.05) is 0 Å². The van der Waals surface area contributed by atoms with Crippen molar-refractivity contribution in [1.82, 2.24) is 9.88 Å². The Kier molecular flexibility index (Phi) is 4.66. The molecule has 0 aliphatic heterocycles. The Labute approximate surface area is 125 Å². The van der Waals surface area contributed by atoms with Crippen LogP contribution in [0.5, 0.6) is 0 Å². The molecule has 9 heteroatoms. The lowest BCUT2D eigenvalue weighted by Gasteiger charge is -2.10. The van der Waals surface area contributed by atoms with Gasteiger partial charge in [-0.25, -0.2) is 13.1 Å². The average Bonchev–Trinajstić information content (AvgIpc) is 2.89. The predicted molar refractivity (Wildman–Crippen MR) is 74.9 cm³/mol. The molecule has 2 rings (SSSR count). The van der Waals surface area contributed by atoms with Gasteiger partial charge in [-0.3, -0.25) is 0 Å². The summed E-state index contributed by atoms with van der Waals surface area (Å²) in [6, 6.07) is 4.26. The molecule has 0 atom stereocenters. The van der Waals surface area contributed by atoms with Crippen molar-refractivity contribution in [3.8, 4) is 0 Å². The highest BCUT2D eigenvalue weighted by Gasteiger charge is 2.20. The normalized spacial score (nSPS) is 11.8. The molecule has 0 bridgehead atoms. The van der Waals surface area contributed by atoms with Crippen LogP contribution >= 0.6 is 23.2 Å². The number of nitrogens with zero attached hydrogens (tertiary/aromatic N) is 1. The van der Waals surface area contributed by atoms with Crippen molar-refractivity contribution in [1.29, 1.82) is 0 Å². The van der Waals surface area contributed by atoms with Gasteiger partial charge in [0, 0.05) is 17.6 Å². The van der Waals surface area contributed by atoms with E-state index in [0.29, 0.717) is 16.3 Å². The van der Waals surface area contributed by atoms with Crippen LogP contribution in [0.1, 0.15) is 11.3 Å². The van der Waals surface area contributed by atoms with Gasteiger partial charge in [-0.15, -0.1) is 0 Å². The molecule has 0 saturated heterocycles. The SMILES string of the molecule is NCc1cc(S(=O)(=O)NCc2ccno2)c(Cl)cc1Cl. The molecule has 0 saturated carbocycles. The summed E-state index contributed by atoms with van der Waals surface area (Å²) in [7, 11) is -3.80. The van der Waals surface area contributed by atoms with Crippen molar-refractivity contribution >= 4 is 33.2 Å². The Morgan fingerprint density at radius 3 is 2.65 bits per heavy atom. The first kappa shape index (κ1) is 15.3. The third-order valence-electron chi connectivity index (χ3n) is 2.54. The maximum atomic E-state index is 12.2. The molecule has 2 aromatic rings. The average molecular weight is 336 g/mol. The van der Waals surface area contributed by atoms with Gasteiger partial charge < -0.3 is 10.3 Å². The summed E-state index contributed by atoms with van der Waals surface area (Å²) in [4.78, 5) is -0.0801. The smallest absolute Gasteiger partial charge is 0.242 e. The van der Waals surface area contributed by atoms with Gasteiger partial charge in [-0.1, -0.05) is 28.4 Å². The molecule has 20 heavy (non-hydrogen) atoms. The van der Waals surface area contributed by atoms with E-state index in [0.717, 1.165) is 0 Å². The van der Waals surface area contributed by atoms with Crippen LogP contribution < -0.4 is 10.5 Å². The minimum absolute atomic E-state index is 0.0252. The molecule has 0 amide bonds. The van der Waals surface area contributed by atoms with E-state index < -0.39 is 10.0 Å². The molecular formula is C11H11Cl2N3O3S. The molecule has 0 spiro atoms. The number of rotatable bonds is 5. The lowest BCUT2D eigenvalue weighted by Crippen LogP contribution is -2.23. The fraction of sp³-hybridized carbons (Fsp3) is 0.182. The van der Waals surface area contributed by atoms with Gasteiger partial charge in [0.25, 0.3) is 0 Å². The number of benzene rings is 1. The molecule has 0 aliphatic rings. The Bertz CT molecular complexity index is 702. The molecule has 1 aromatic carbocycles. The van der Waals surface area contributed by atoms with E-state index in [2.05, 4.69) is 9.88 Å². The number of hydrogen-bond donors (Lipinski definition) is 2. The van der Waals surface area contributed by atoms with Crippen LogP contribution in [0.15, 0.2) is 33.8 Å². The minimum Gasteiger partial charge on any atom is -0.360 e. The lowest BCUT2D eigenvalue weighted by molar-refractivity contribution is 0.380. The highest BCUT2D eigenvalue weighted by molar-refractivity contribution is 7.89. The molecule has 108 valence electrons. The van der Waals surface area contributed by atoms with Crippen molar-refractivity contribution in [2.24, 2.45) is 5.73 Å². The van der Waals surface area contributed by atoms with Crippen molar-refractivity contribution in [3.05, 3.63) is 45.8 Å². The Morgan fingerprint density at radius 2 is 2.05 bits per heavy atom. The number of sulfonamides is 1. The summed E-state index contributed by atoms with van der Waals surface area (Å²) in [6.45, 7) is 0.0832. The zero-order chi connectivity index (χ0) is 14.8. The van der Waals surface area contributed by atoms with Crippen LogP contribution in [0.25, 0.3) is 0 Å². The van der Waals surface area contributed by atoms with E-state index in [4.69, 9.17) is 33.5 Å². The van der Waals surface area contributed by atoms with Crippen LogP contribution in [0, 0.1) is 0 Å². The molecule has 6 nitrogen and oxygen atoms in total. The number of nitrogens with two attached hydrogens (primary N) is 1. The second-order valence-corrected chi connectivity index (χ2v) is 6.43. The third-order valence-corrected chi connectivity index (χ3v) is 4.76. The van der Waals surface area contributed by atoms with Crippen molar-refractivity contribution in [3.63, 3.8) is 0 Å². The van der Waals surface area contributed by atoms with E-state index in [9.17, 15) is 8.42 Å².